The molecule has 1 N–H and O–H groups in total. The molecule has 19 heavy (non-hydrogen) atoms. The van der Waals surface area contributed by atoms with Crippen LogP contribution >= 0.6 is 0 Å². The van der Waals surface area contributed by atoms with Crippen LogP contribution in [0.15, 0.2) is 30.3 Å². The lowest BCUT2D eigenvalue weighted by molar-refractivity contribution is -0.138. The number of nitrogens with zero attached hydrogens (tertiary/aromatic N) is 1. The number of hydrogen-bond acceptors (Lipinski definition) is 2. The maximum absolute atomic E-state index is 12.5. The maximum Gasteiger partial charge on any atom is 0.305 e. The second kappa shape index (κ2) is 7.56. The van der Waals surface area contributed by atoms with Crippen molar-refractivity contribution in [3.8, 4) is 0 Å². The summed E-state index contributed by atoms with van der Waals surface area (Å²) in [5.41, 5.74) is 0.990. The summed E-state index contributed by atoms with van der Waals surface area (Å²) in [4.78, 5) is 24.7. The molecule has 1 aromatic rings. The molecule has 1 atom stereocenters. The van der Waals surface area contributed by atoms with Crippen LogP contribution in [0.2, 0.25) is 0 Å². The number of carboxylic acid groups (broad SMARTS) is 1. The van der Waals surface area contributed by atoms with E-state index in [-0.39, 0.29) is 24.8 Å². The number of carboxylic acids is 1. The number of benzene rings is 1. The second-order valence-corrected chi connectivity index (χ2v) is 4.43. The standard InChI is InChI=1S/C15H21NO3/c1-3-13(12-8-6-5-7-9-12)15(19)16(4-2)11-10-14(17)18/h5-9,13H,3-4,10-11H2,1-2H3,(H,17,18). The summed E-state index contributed by atoms with van der Waals surface area (Å²) in [7, 11) is 0. The first-order valence-corrected chi connectivity index (χ1v) is 6.65. The topological polar surface area (TPSA) is 57.6 Å². The van der Waals surface area contributed by atoms with Gasteiger partial charge in [0.05, 0.1) is 12.3 Å². The van der Waals surface area contributed by atoms with Gasteiger partial charge in [0.25, 0.3) is 0 Å². The Hall–Kier alpha value is -1.84. The van der Waals surface area contributed by atoms with Crippen molar-refractivity contribution in [2.24, 2.45) is 0 Å². The summed E-state index contributed by atoms with van der Waals surface area (Å²) in [5.74, 6) is -1.05. The summed E-state index contributed by atoms with van der Waals surface area (Å²) >= 11 is 0. The van der Waals surface area contributed by atoms with Gasteiger partial charge >= 0.3 is 5.97 Å². The van der Waals surface area contributed by atoms with Gasteiger partial charge in [0, 0.05) is 13.1 Å². The monoisotopic (exact) mass is 263 g/mol. The molecule has 0 aromatic heterocycles. The highest BCUT2D eigenvalue weighted by atomic mass is 16.4. The van der Waals surface area contributed by atoms with Gasteiger partial charge in [-0.1, -0.05) is 37.3 Å². The summed E-state index contributed by atoms with van der Waals surface area (Å²) in [6.45, 7) is 4.65. The van der Waals surface area contributed by atoms with E-state index in [1.54, 1.807) is 4.90 Å². The molecule has 1 aromatic carbocycles. The fourth-order valence-electron chi connectivity index (χ4n) is 2.11. The lowest BCUT2D eigenvalue weighted by Gasteiger charge is -2.25. The van der Waals surface area contributed by atoms with Gasteiger partial charge in [-0.05, 0) is 18.9 Å². The van der Waals surface area contributed by atoms with Gasteiger partial charge in [0.2, 0.25) is 5.91 Å². The number of amides is 1. The Bertz CT molecular complexity index is 417. The van der Waals surface area contributed by atoms with Crippen molar-refractivity contribution < 1.29 is 14.7 Å². The van der Waals surface area contributed by atoms with E-state index in [9.17, 15) is 9.59 Å². The highest BCUT2D eigenvalue weighted by molar-refractivity contribution is 5.84. The zero-order valence-electron chi connectivity index (χ0n) is 11.5. The first kappa shape index (κ1) is 15.2. The predicted octanol–water partition coefficient (Wildman–Crippen LogP) is 2.50. The average Bonchev–Trinajstić information content (AvgIpc) is 2.41. The van der Waals surface area contributed by atoms with E-state index in [1.165, 1.54) is 0 Å². The van der Waals surface area contributed by atoms with Gasteiger partial charge in [-0.2, -0.15) is 0 Å². The van der Waals surface area contributed by atoms with Crippen molar-refractivity contribution in [2.45, 2.75) is 32.6 Å². The number of rotatable bonds is 7. The van der Waals surface area contributed by atoms with E-state index in [2.05, 4.69) is 0 Å². The molecule has 4 nitrogen and oxygen atoms in total. The van der Waals surface area contributed by atoms with Gasteiger partial charge in [-0.15, -0.1) is 0 Å². The number of hydrogen-bond donors (Lipinski definition) is 1. The van der Waals surface area contributed by atoms with Crippen molar-refractivity contribution in [1.29, 1.82) is 0 Å². The first-order chi connectivity index (χ1) is 9.10. The van der Waals surface area contributed by atoms with Crippen molar-refractivity contribution in [3.05, 3.63) is 35.9 Å². The maximum atomic E-state index is 12.5. The Labute approximate surface area is 114 Å². The number of carbonyl (C=O) groups excluding carboxylic acids is 1. The molecule has 0 heterocycles. The third kappa shape index (κ3) is 4.39. The molecule has 0 saturated carbocycles. The molecule has 1 rings (SSSR count). The number of likely N-dealkylation sites (N-methyl/N-ethyl adjacent to an activating group) is 1. The van der Waals surface area contributed by atoms with Crippen LogP contribution in [-0.4, -0.2) is 35.0 Å². The highest BCUT2D eigenvalue weighted by Crippen LogP contribution is 2.22. The van der Waals surface area contributed by atoms with Crippen LogP contribution in [0, 0.1) is 0 Å². The summed E-state index contributed by atoms with van der Waals surface area (Å²) in [5, 5.41) is 8.71. The quantitative estimate of drug-likeness (QED) is 0.822. The summed E-state index contributed by atoms with van der Waals surface area (Å²) in [6, 6.07) is 9.63. The zero-order chi connectivity index (χ0) is 14.3. The third-order valence-electron chi connectivity index (χ3n) is 3.20. The van der Waals surface area contributed by atoms with Crippen molar-refractivity contribution >= 4 is 11.9 Å². The molecule has 0 aliphatic heterocycles. The molecule has 0 spiro atoms. The van der Waals surface area contributed by atoms with E-state index in [1.807, 2.05) is 44.2 Å². The van der Waals surface area contributed by atoms with Gasteiger partial charge in [0.15, 0.2) is 0 Å². The van der Waals surface area contributed by atoms with Crippen LogP contribution in [0.3, 0.4) is 0 Å². The van der Waals surface area contributed by atoms with Crippen molar-refractivity contribution in [3.63, 3.8) is 0 Å². The molecule has 0 bridgehead atoms. The van der Waals surface area contributed by atoms with Crippen molar-refractivity contribution in [1.82, 2.24) is 4.90 Å². The fraction of sp³-hybridized carbons (Fsp3) is 0.467. The van der Waals surface area contributed by atoms with Crippen LogP contribution in [0.1, 0.15) is 38.2 Å². The van der Waals surface area contributed by atoms with Gasteiger partial charge in [-0.3, -0.25) is 9.59 Å². The van der Waals surface area contributed by atoms with Gasteiger partial charge in [-0.25, -0.2) is 0 Å². The van der Waals surface area contributed by atoms with E-state index < -0.39 is 5.97 Å². The molecule has 0 fully saturated rings. The lowest BCUT2D eigenvalue weighted by Crippen LogP contribution is -2.36. The molecule has 4 heteroatoms. The van der Waals surface area contributed by atoms with E-state index in [0.717, 1.165) is 5.56 Å². The highest BCUT2D eigenvalue weighted by Gasteiger charge is 2.23. The molecule has 104 valence electrons. The first-order valence-electron chi connectivity index (χ1n) is 6.65. The number of carbonyl (C=O) groups is 2. The Balaban J connectivity index is 2.79. The molecule has 1 amide bonds. The second-order valence-electron chi connectivity index (χ2n) is 4.43. The van der Waals surface area contributed by atoms with E-state index in [0.29, 0.717) is 13.0 Å². The third-order valence-corrected chi connectivity index (χ3v) is 3.20. The molecular weight excluding hydrogens is 242 g/mol. The molecule has 0 saturated heterocycles. The Morgan fingerprint density at radius 2 is 1.84 bits per heavy atom. The smallest absolute Gasteiger partial charge is 0.305 e. The van der Waals surface area contributed by atoms with Crippen LogP contribution < -0.4 is 0 Å². The predicted molar refractivity (Wildman–Crippen MR) is 74.0 cm³/mol. The average molecular weight is 263 g/mol. The Kier molecular flexibility index (Phi) is 6.06. The number of aliphatic carboxylic acids is 1. The zero-order valence-corrected chi connectivity index (χ0v) is 11.5. The van der Waals surface area contributed by atoms with Crippen LogP contribution in [0.25, 0.3) is 0 Å². The minimum Gasteiger partial charge on any atom is -0.481 e. The minimum atomic E-state index is -0.876. The summed E-state index contributed by atoms with van der Waals surface area (Å²) < 4.78 is 0. The van der Waals surface area contributed by atoms with Crippen LogP contribution in [0.4, 0.5) is 0 Å². The molecule has 1 unspecified atom stereocenters. The minimum absolute atomic E-state index is 0.00912. The Morgan fingerprint density at radius 3 is 2.32 bits per heavy atom. The molecule has 0 radical (unpaired) electrons. The van der Waals surface area contributed by atoms with Gasteiger partial charge in [0.1, 0.15) is 0 Å². The molecular formula is C15H21NO3. The van der Waals surface area contributed by atoms with Crippen LogP contribution in [-0.2, 0) is 9.59 Å². The lowest BCUT2D eigenvalue weighted by atomic mass is 9.95. The fourth-order valence-corrected chi connectivity index (χ4v) is 2.11. The van der Waals surface area contributed by atoms with Gasteiger partial charge < -0.3 is 10.0 Å². The van der Waals surface area contributed by atoms with Crippen LogP contribution in [0.5, 0.6) is 0 Å². The van der Waals surface area contributed by atoms with Crippen molar-refractivity contribution in [2.75, 3.05) is 13.1 Å². The molecule has 0 aliphatic carbocycles. The normalized spacial score (nSPS) is 11.9. The Morgan fingerprint density at radius 1 is 1.21 bits per heavy atom. The van der Waals surface area contributed by atoms with E-state index >= 15 is 0 Å². The largest absolute Gasteiger partial charge is 0.481 e. The summed E-state index contributed by atoms with van der Waals surface area (Å²) in [6.07, 6.45) is 0.706. The molecule has 0 aliphatic rings. The van der Waals surface area contributed by atoms with E-state index in [4.69, 9.17) is 5.11 Å². The SMILES string of the molecule is CCC(C(=O)N(CC)CCC(=O)O)c1ccccc1.